The fourth-order valence-electron chi connectivity index (χ4n) is 0.625. The zero-order chi connectivity index (χ0) is 13.4. The Balaban J connectivity index is 0. The van der Waals surface area contributed by atoms with E-state index in [1.807, 2.05) is 26.0 Å². The van der Waals surface area contributed by atoms with Crippen LogP contribution in [0.4, 0.5) is 0 Å². The largest absolute Gasteiger partial charge is 0.451 e. The van der Waals surface area contributed by atoms with Crippen LogP contribution in [0.15, 0.2) is 12.7 Å². The molecule has 0 bridgehead atoms. The number of carbonyl (C=O) groups is 1. The molecular formula is C10H21NO5. The van der Waals surface area contributed by atoms with Gasteiger partial charge >= 0.3 is 11.9 Å². The van der Waals surface area contributed by atoms with Gasteiger partial charge in [0.2, 0.25) is 0 Å². The second-order valence-electron chi connectivity index (χ2n) is 3.57. The molecule has 16 heavy (non-hydrogen) atoms. The molecule has 0 saturated heterocycles. The van der Waals surface area contributed by atoms with Gasteiger partial charge in [0.05, 0.1) is 0 Å². The molecule has 0 radical (unpaired) electrons. The predicted molar refractivity (Wildman–Crippen MR) is 59.4 cm³/mol. The predicted octanol–water partition coefficient (Wildman–Crippen LogP) is -0.697. The van der Waals surface area contributed by atoms with Crippen LogP contribution in [0.25, 0.3) is 0 Å². The third-order valence-electron chi connectivity index (χ3n) is 1.23. The summed E-state index contributed by atoms with van der Waals surface area (Å²) in [6, 6.07) is 0. The van der Waals surface area contributed by atoms with Crippen LogP contribution in [-0.2, 0) is 9.53 Å². The highest BCUT2D eigenvalue weighted by Crippen LogP contribution is 2.10. The molecule has 0 aliphatic heterocycles. The molecule has 0 spiro atoms. The molecule has 0 amide bonds. The van der Waals surface area contributed by atoms with Crippen LogP contribution >= 0.6 is 0 Å². The maximum absolute atomic E-state index is 10.6. The van der Waals surface area contributed by atoms with E-state index in [-0.39, 0.29) is 6.42 Å². The van der Waals surface area contributed by atoms with E-state index in [4.69, 9.17) is 15.3 Å². The lowest BCUT2D eigenvalue weighted by Gasteiger charge is -2.23. The summed E-state index contributed by atoms with van der Waals surface area (Å²) in [5.41, 5.74) is 0. The normalized spacial score (nSPS) is 12.5. The molecule has 1 unspecified atom stereocenters. The molecule has 0 aromatic rings. The van der Waals surface area contributed by atoms with Crippen LogP contribution in [0, 0.1) is 0 Å². The first kappa shape index (κ1) is 17.4. The summed E-state index contributed by atoms with van der Waals surface area (Å²) in [6.45, 7) is 4.64. The highest BCUT2D eigenvalue weighted by Gasteiger charge is 2.33. The average molecular weight is 235 g/mol. The SMILES string of the molecule is C=CC(=O)OC(CC)C(O)(O)O.CN(C)C. The molecular weight excluding hydrogens is 214 g/mol. The number of hydrogen-bond donors (Lipinski definition) is 3. The fourth-order valence-corrected chi connectivity index (χ4v) is 0.625. The molecule has 0 aromatic carbocycles. The van der Waals surface area contributed by atoms with E-state index in [0.29, 0.717) is 0 Å². The highest BCUT2D eigenvalue weighted by atomic mass is 16.7. The number of hydrogen-bond acceptors (Lipinski definition) is 6. The van der Waals surface area contributed by atoms with Crippen LogP contribution in [0.2, 0.25) is 0 Å². The zero-order valence-corrected chi connectivity index (χ0v) is 10.2. The molecule has 0 fully saturated rings. The van der Waals surface area contributed by atoms with Crippen molar-refractivity contribution in [3.8, 4) is 0 Å². The van der Waals surface area contributed by atoms with Gasteiger partial charge < -0.3 is 25.0 Å². The van der Waals surface area contributed by atoms with Gasteiger partial charge in [0.25, 0.3) is 0 Å². The van der Waals surface area contributed by atoms with Crippen LogP contribution in [0.5, 0.6) is 0 Å². The van der Waals surface area contributed by atoms with Crippen molar-refractivity contribution in [1.82, 2.24) is 4.90 Å². The Kier molecular flexibility index (Phi) is 8.97. The number of aliphatic hydroxyl groups is 3. The van der Waals surface area contributed by atoms with Gasteiger partial charge in [0.15, 0.2) is 6.10 Å². The summed E-state index contributed by atoms with van der Waals surface area (Å²) in [4.78, 5) is 12.6. The van der Waals surface area contributed by atoms with E-state index < -0.39 is 18.0 Å². The Morgan fingerprint density at radius 2 is 1.81 bits per heavy atom. The highest BCUT2D eigenvalue weighted by molar-refractivity contribution is 5.81. The van der Waals surface area contributed by atoms with Crippen molar-refractivity contribution in [2.75, 3.05) is 21.1 Å². The van der Waals surface area contributed by atoms with Crippen molar-refractivity contribution in [3.05, 3.63) is 12.7 Å². The number of nitrogens with zero attached hydrogens (tertiary/aromatic N) is 1. The minimum atomic E-state index is -2.99. The molecule has 1 atom stereocenters. The Morgan fingerprint density at radius 1 is 1.44 bits per heavy atom. The molecule has 0 aliphatic carbocycles. The minimum Gasteiger partial charge on any atom is -0.451 e. The van der Waals surface area contributed by atoms with Gasteiger partial charge in [0.1, 0.15) is 0 Å². The maximum atomic E-state index is 10.6. The van der Waals surface area contributed by atoms with Crippen molar-refractivity contribution >= 4 is 5.97 Å². The van der Waals surface area contributed by atoms with Crippen molar-refractivity contribution in [2.24, 2.45) is 0 Å². The van der Waals surface area contributed by atoms with E-state index in [1.54, 1.807) is 0 Å². The second-order valence-corrected chi connectivity index (χ2v) is 3.57. The summed E-state index contributed by atoms with van der Waals surface area (Å²) in [5.74, 6) is -3.81. The molecule has 0 aromatic heterocycles. The number of ether oxygens (including phenoxy) is 1. The van der Waals surface area contributed by atoms with Crippen molar-refractivity contribution in [3.63, 3.8) is 0 Å². The Morgan fingerprint density at radius 3 is 2.00 bits per heavy atom. The van der Waals surface area contributed by atoms with Gasteiger partial charge in [-0.1, -0.05) is 13.5 Å². The molecule has 0 aliphatic rings. The monoisotopic (exact) mass is 235 g/mol. The van der Waals surface area contributed by atoms with Crippen LogP contribution in [0.3, 0.4) is 0 Å². The lowest BCUT2D eigenvalue weighted by molar-refractivity contribution is -0.355. The molecule has 6 heteroatoms. The lowest BCUT2D eigenvalue weighted by Crippen LogP contribution is -2.44. The van der Waals surface area contributed by atoms with Gasteiger partial charge in [-0.3, -0.25) is 0 Å². The van der Waals surface area contributed by atoms with E-state index in [9.17, 15) is 4.79 Å². The zero-order valence-electron chi connectivity index (χ0n) is 10.2. The molecule has 6 nitrogen and oxygen atoms in total. The smallest absolute Gasteiger partial charge is 0.330 e. The first-order valence-corrected chi connectivity index (χ1v) is 4.76. The number of esters is 1. The number of carbonyl (C=O) groups excluding carboxylic acids is 1. The van der Waals surface area contributed by atoms with Gasteiger partial charge in [-0.2, -0.15) is 0 Å². The molecule has 3 N–H and O–H groups in total. The van der Waals surface area contributed by atoms with Gasteiger partial charge in [-0.05, 0) is 27.6 Å². The average Bonchev–Trinajstić information content (AvgIpc) is 2.10. The fraction of sp³-hybridized carbons (Fsp3) is 0.700. The second kappa shape index (κ2) is 8.23. The van der Waals surface area contributed by atoms with Gasteiger partial charge in [-0.15, -0.1) is 0 Å². The Bertz CT molecular complexity index is 207. The summed E-state index contributed by atoms with van der Waals surface area (Å²) < 4.78 is 4.41. The summed E-state index contributed by atoms with van der Waals surface area (Å²) in [5, 5.41) is 25.9. The van der Waals surface area contributed by atoms with E-state index >= 15 is 0 Å². The first-order valence-electron chi connectivity index (χ1n) is 4.76. The quantitative estimate of drug-likeness (QED) is 0.339. The van der Waals surface area contributed by atoms with Crippen LogP contribution in [0.1, 0.15) is 13.3 Å². The van der Waals surface area contributed by atoms with Gasteiger partial charge in [-0.25, -0.2) is 4.79 Å². The maximum Gasteiger partial charge on any atom is 0.330 e. The summed E-state index contributed by atoms with van der Waals surface area (Å²) in [7, 11) is 6.00. The topological polar surface area (TPSA) is 90.2 Å². The van der Waals surface area contributed by atoms with Crippen molar-refractivity contribution in [2.45, 2.75) is 25.4 Å². The Labute approximate surface area is 95.8 Å². The first-order chi connectivity index (χ1) is 7.15. The van der Waals surface area contributed by atoms with Gasteiger partial charge in [0, 0.05) is 6.08 Å². The van der Waals surface area contributed by atoms with E-state index in [0.717, 1.165) is 6.08 Å². The molecule has 0 saturated carbocycles. The lowest BCUT2D eigenvalue weighted by atomic mass is 10.2. The molecule has 0 heterocycles. The van der Waals surface area contributed by atoms with Crippen LogP contribution in [-0.4, -0.2) is 59.4 Å². The standard InChI is InChI=1S/C7H12O5.C3H9N/c1-3-5(7(9,10)11)12-6(8)4-2;1-4(2)3/h4-5,9-11H,2-3H2,1H3;1-3H3. The number of rotatable bonds is 4. The summed E-state index contributed by atoms with van der Waals surface area (Å²) in [6.07, 6.45) is -0.403. The van der Waals surface area contributed by atoms with E-state index in [2.05, 4.69) is 11.3 Å². The van der Waals surface area contributed by atoms with Crippen molar-refractivity contribution < 1.29 is 24.9 Å². The van der Waals surface area contributed by atoms with Crippen LogP contribution < -0.4 is 0 Å². The summed E-state index contributed by atoms with van der Waals surface area (Å²) >= 11 is 0. The third kappa shape index (κ3) is 11.1. The third-order valence-corrected chi connectivity index (χ3v) is 1.23. The van der Waals surface area contributed by atoms with Crippen molar-refractivity contribution in [1.29, 1.82) is 0 Å². The minimum absolute atomic E-state index is 0.0864. The molecule has 96 valence electrons. The Hall–Kier alpha value is -0.950. The van der Waals surface area contributed by atoms with E-state index in [1.165, 1.54) is 6.92 Å². The molecule has 0 rings (SSSR count).